The van der Waals surface area contributed by atoms with Gasteiger partial charge in [0.05, 0.1) is 5.92 Å². The maximum atomic E-state index is 13.1. The summed E-state index contributed by atoms with van der Waals surface area (Å²) in [6.45, 7) is 4.14. The number of para-hydroxylation sites is 1. The number of nitrogens with zero attached hydrogens (tertiary/aromatic N) is 1. The molecule has 1 heterocycles. The van der Waals surface area contributed by atoms with Gasteiger partial charge in [0.1, 0.15) is 17.4 Å². The summed E-state index contributed by atoms with van der Waals surface area (Å²) in [7, 11) is 0. The number of ether oxygens (including phenoxy) is 1. The van der Waals surface area contributed by atoms with Gasteiger partial charge in [0.25, 0.3) is 0 Å². The Bertz CT molecular complexity index is 1060. The van der Waals surface area contributed by atoms with Gasteiger partial charge in [-0.1, -0.05) is 60.1 Å². The van der Waals surface area contributed by atoms with Crippen molar-refractivity contribution in [2.45, 2.75) is 32.6 Å². The highest BCUT2D eigenvalue weighted by molar-refractivity contribution is 9.10. The van der Waals surface area contributed by atoms with Gasteiger partial charge >= 0.3 is 0 Å². The van der Waals surface area contributed by atoms with E-state index in [1.54, 1.807) is 0 Å². The molecule has 146 valence electrons. The van der Waals surface area contributed by atoms with Crippen molar-refractivity contribution < 1.29 is 9.53 Å². The number of allylic oxidation sites excluding steroid dienone is 3. The fourth-order valence-corrected chi connectivity index (χ4v) is 4.26. The molecule has 5 heteroatoms. The van der Waals surface area contributed by atoms with Crippen LogP contribution in [0.1, 0.15) is 38.2 Å². The van der Waals surface area contributed by atoms with E-state index >= 15 is 0 Å². The molecule has 1 aliphatic carbocycles. The van der Waals surface area contributed by atoms with E-state index in [4.69, 9.17) is 4.74 Å². The van der Waals surface area contributed by atoms with Crippen LogP contribution in [0, 0.1) is 16.7 Å². The molecular weight excluding hydrogens is 428 g/mol. The van der Waals surface area contributed by atoms with Crippen LogP contribution in [0.4, 0.5) is 5.69 Å². The topological polar surface area (TPSA) is 62.1 Å². The van der Waals surface area contributed by atoms with E-state index in [0.717, 1.165) is 15.7 Å². The summed E-state index contributed by atoms with van der Waals surface area (Å²) in [4.78, 5) is 13.1. The number of hydrogen-bond acceptors (Lipinski definition) is 4. The summed E-state index contributed by atoms with van der Waals surface area (Å²) >= 11 is 3.46. The van der Waals surface area contributed by atoms with Gasteiger partial charge < -0.3 is 10.1 Å². The van der Waals surface area contributed by atoms with Crippen LogP contribution >= 0.6 is 15.9 Å². The molecule has 0 saturated heterocycles. The Morgan fingerprint density at radius 1 is 1.10 bits per heavy atom. The van der Waals surface area contributed by atoms with E-state index < -0.39 is 5.92 Å². The molecule has 2 aromatic rings. The molecule has 0 fully saturated rings. The van der Waals surface area contributed by atoms with Crippen LogP contribution in [0.3, 0.4) is 0 Å². The number of rotatable bonds is 3. The Hall–Kier alpha value is -2.84. The minimum Gasteiger partial charge on any atom is -0.444 e. The maximum Gasteiger partial charge on any atom is 0.212 e. The van der Waals surface area contributed by atoms with Crippen molar-refractivity contribution in [3.63, 3.8) is 0 Å². The Morgan fingerprint density at radius 3 is 2.45 bits per heavy atom. The number of carbonyl (C=O) groups excluding carboxylic acids is 1. The summed E-state index contributed by atoms with van der Waals surface area (Å²) in [5.41, 5.74) is 2.59. The lowest BCUT2D eigenvalue weighted by atomic mass is 9.70. The van der Waals surface area contributed by atoms with Crippen LogP contribution in [-0.4, -0.2) is 5.78 Å². The van der Waals surface area contributed by atoms with E-state index in [1.807, 2.05) is 54.6 Å². The summed E-state index contributed by atoms with van der Waals surface area (Å²) in [5.74, 6) is 0.676. The van der Waals surface area contributed by atoms with Crippen LogP contribution in [0.5, 0.6) is 0 Å². The van der Waals surface area contributed by atoms with E-state index in [-0.39, 0.29) is 11.2 Å². The minimum atomic E-state index is -0.438. The molecule has 2 aromatic carbocycles. The van der Waals surface area contributed by atoms with Crippen molar-refractivity contribution in [1.29, 1.82) is 5.26 Å². The highest BCUT2D eigenvalue weighted by Crippen LogP contribution is 2.48. The fourth-order valence-electron chi connectivity index (χ4n) is 3.99. The van der Waals surface area contributed by atoms with Crippen molar-refractivity contribution in [3.05, 3.63) is 87.4 Å². The number of halogens is 1. The lowest BCUT2D eigenvalue weighted by Crippen LogP contribution is -2.33. The number of carbonyl (C=O) groups is 1. The number of nitrogens with one attached hydrogen (secondary N) is 1. The van der Waals surface area contributed by atoms with Gasteiger partial charge in [0, 0.05) is 28.6 Å². The first-order chi connectivity index (χ1) is 13.9. The van der Waals surface area contributed by atoms with Crippen LogP contribution in [0.25, 0.3) is 0 Å². The second-order valence-electron chi connectivity index (χ2n) is 8.21. The number of benzene rings is 2. The standard InChI is InChI=1S/C24H21BrN2O2/c1-24(2)12-19(28)22-20(13-24)29-23(27-17-6-4-3-5-7-17)18(14-26)21(22)15-8-10-16(25)11-9-15/h3-11,21,27H,12-13H2,1-2H3. The molecule has 0 amide bonds. The van der Waals surface area contributed by atoms with Crippen molar-refractivity contribution in [2.24, 2.45) is 5.41 Å². The van der Waals surface area contributed by atoms with Gasteiger partial charge in [-0.2, -0.15) is 5.26 Å². The number of Topliss-reactive ketones (excluding diaryl/α,β-unsaturated/α-hetero) is 1. The van der Waals surface area contributed by atoms with Crippen LogP contribution in [0.2, 0.25) is 0 Å². The van der Waals surface area contributed by atoms with Crippen molar-refractivity contribution in [3.8, 4) is 6.07 Å². The Morgan fingerprint density at radius 2 is 1.79 bits per heavy atom. The summed E-state index contributed by atoms with van der Waals surface area (Å²) in [6, 6.07) is 19.7. The first-order valence-corrected chi connectivity index (χ1v) is 10.3. The molecule has 2 aliphatic rings. The number of nitriles is 1. The predicted molar refractivity (Wildman–Crippen MR) is 116 cm³/mol. The molecule has 1 N–H and O–H groups in total. The molecule has 0 bridgehead atoms. The second-order valence-corrected chi connectivity index (χ2v) is 9.13. The summed E-state index contributed by atoms with van der Waals surface area (Å²) < 4.78 is 7.12. The summed E-state index contributed by atoms with van der Waals surface area (Å²) in [6.07, 6.45) is 1.10. The van der Waals surface area contributed by atoms with Gasteiger partial charge in [-0.3, -0.25) is 4.79 Å². The molecule has 0 radical (unpaired) electrons. The highest BCUT2D eigenvalue weighted by atomic mass is 79.9. The maximum absolute atomic E-state index is 13.1. The fraction of sp³-hybridized carbons (Fsp3) is 0.250. The summed E-state index contributed by atoms with van der Waals surface area (Å²) in [5, 5.41) is 13.3. The third kappa shape index (κ3) is 3.86. The van der Waals surface area contributed by atoms with Gasteiger partial charge in [0.2, 0.25) is 5.88 Å². The zero-order valence-electron chi connectivity index (χ0n) is 16.3. The lowest BCUT2D eigenvalue weighted by Gasteiger charge is -2.38. The zero-order valence-corrected chi connectivity index (χ0v) is 17.9. The van der Waals surface area contributed by atoms with E-state index in [2.05, 4.69) is 41.2 Å². The first-order valence-electron chi connectivity index (χ1n) is 9.54. The lowest BCUT2D eigenvalue weighted by molar-refractivity contribution is -0.119. The Labute approximate surface area is 179 Å². The highest BCUT2D eigenvalue weighted by Gasteiger charge is 2.43. The van der Waals surface area contributed by atoms with Gasteiger partial charge in [0.15, 0.2) is 5.78 Å². The number of ketones is 1. The SMILES string of the molecule is CC1(C)CC(=O)C2=C(C1)OC(Nc1ccccc1)=C(C#N)C2c1ccc(Br)cc1. The van der Waals surface area contributed by atoms with Crippen molar-refractivity contribution in [2.75, 3.05) is 5.32 Å². The van der Waals surface area contributed by atoms with Gasteiger partial charge in [-0.25, -0.2) is 0 Å². The van der Waals surface area contributed by atoms with E-state index in [0.29, 0.717) is 35.6 Å². The molecule has 0 spiro atoms. The van der Waals surface area contributed by atoms with E-state index in [9.17, 15) is 10.1 Å². The smallest absolute Gasteiger partial charge is 0.212 e. The van der Waals surface area contributed by atoms with Crippen LogP contribution < -0.4 is 5.32 Å². The molecule has 4 rings (SSSR count). The molecule has 4 nitrogen and oxygen atoms in total. The molecule has 0 aromatic heterocycles. The molecular formula is C24H21BrN2O2. The minimum absolute atomic E-state index is 0.0516. The molecule has 1 atom stereocenters. The number of anilines is 1. The van der Waals surface area contributed by atoms with Crippen molar-refractivity contribution in [1.82, 2.24) is 0 Å². The predicted octanol–water partition coefficient (Wildman–Crippen LogP) is 6.05. The Balaban J connectivity index is 1.86. The third-order valence-electron chi connectivity index (χ3n) is 5.28. The monoisotopic (exact) mass is 448 g/mol. The average molecular weight is 449 g/mol. The number of hydrogen-bond donors (Lipinski definition) is 1. The average Bonchev–Trinajstić information content (AvgIpc) is 2.67. The molecule has 29 heavy (non-hydrogen) atoms. The van der Waals surface area contributed by atoms with Crippen molar-refractivity contribution >= 4 is 27.4 Å². The van der Waals surface area contributed by atoms with Crippen LogP contribution in [-0.2, 0) is 9.53 Å². The quantitative estimate of drug-likeness (QED) is 0.620. The second kappa shape index (κ2) is 7.53. The Kier molecular flexibility index (Phi) is 5.06. The molecule has 1 unspecified atom stereocenters. The van der Waals surface area contributed by atoms with Gasteiger partial charge in [-0.05, 0) is 35.2 Å². The van der Waals surface area contributed by atoms with Gasteiger partial charge in [-0.15, -0.1) is 0 Å². The van der Waals surface area contributed by atoms with E-state index in [1.165, 1.54) is 0 Å². The third-order valence-corrected chi connectivity index (χ3v) is 5.81. The molecule has 0 saturated carbocycles. The normalized spacial score (nSPS) is 20.6. The zero-order chi connectivity index (χ0) is 20.6. The van der Waals surface area contributed by atoms with Crippen LogP contribution in [0.15, 0.2) is 81.9 Å². The molecule has 1 aliphatic heterocycles. The first kappa shape index (κ1) is 19.5. The largest absolute Gasteiger partial charge is 0.444 e.